The fraction of sp³-hybridized carbons (Fsp3) is 0.292. The van der Waals surface area contributed by atoms with E-state index in [4.69, 9.17) is 4.74 Å². The van der Waals surface area contributed by atoms with Gasteiger partial charge in [0.05, 0.1) is 12.3 Å². The fourth-order valence-electron chi connectivity index (χ4n) is 3.26. The zero-order chi connectivity index (χ0) is 23.1. The number of thiophene rings is 1. The van der Waals surface area contributed by atoms with E-state index in [0.29, 0.717) is 18.0 Å². The molecule has 0 spiro atoms. The van der Waals surface area contributed by atoms with Crippen LogP contribution in [0.2, 0.25) is 0 Å². The minimum Gasteiger partial charge on any atom is -0.494 e. The van der Waals surface area contributed by atoms with Gasteiger partial charge in [-0.25, -0.2) is 8.42 Å². The van der Waals surface area contributed by atoms with Crippen molar-refractivity contribution in [3.8, 4) is 5.75 Å². The van der Waals surface area contributed by atoms with Crippen molar-refractivity contribution < 1.29 is 17.9 Å². The molecule has 3 aromatic rings. The first-order valence-electron chi connectivity index (χ1n) is 10.5. The third-order valence-electron chi connectivity index (χ3n) is 5.07. The first kappa shape index (κ1) is 23.8. The molecule has 1 N–H and O–H groups in total. The van der Waals surface area contributed by atoms with Crippen LogP contribution in [-0.2, 0) is 16.4 Å². The molecule has 1 amide bonds. The Labute approximate surface area is 193 Å². The Hall–Kier alpha value is -2.84. The number of rotatable bonds is 10. The Kier molecular flexibility index (Phi) is 7.93. The molecule has 32 heavy (non-hydrogen) atoms. The number of amides is 1. The van der Waals surface area contributed by atoms with Gasteiger partial charge in [0.2, 0.25) is 0 Å². The maximum atomic E-state index is 13.2. The molecule has 0 radical (unpaired) electrons. The number of hydrogen-bond acceptors (Lipinski definition) is 5. The van der Waals surface area contributed by atoms with E-state index < -0.39 is 10.0 Å². The molecular formula is C24H28N2O4S2. The summed E-state index contributed by atoms with van der Waals surface area (Å²) in [4.78, 5) is 13.1. The summed E-state index contributed by atoms with van der Waals surface area (Å²) in [5, 5.41) is 4.56. The second-order valence-corrected chi connectivity index (χ2v) is 10.3. The summed E-state index contributed by atoms with van der Waals surface area (Å²) < 4.78 is 33.1. The zero-order valence-corrected chi connectivity index (χ0v) is 20.1. The molecule has 8 heteroatoms. The fourth-order valence-corrected chi connectivity index (χ4v) is 5.76. The summed E-state index contributed by atoms with van der Waals surface area (Å²) in [6, 6.07) is 18.2. The predicted octanol–water partition coefficient (Wildman–Crippen LogP) is 4.72. The first-order chi connectivity index (χ1) is 15.3. The number of anilines is 1. The molecule has 1 aromatic heterocycles. The minimum absolute atomic E-state index is 0.00615. The summed E-state index contributed by atoms with van der Waals surface area (Å²) in [6.45, 7) is 4.34. The van der Waals surface area contributed by atoms with E-state index in [-0.39, 0.29) is 21.7 Å². The van der Waals surface area contributed by atoms with Crippen molar-refractivity contribution >= 4 is 33.0 Å². The lowest BCUT2D eigenvalue weighted by atomic mass is 10.1. The molecule has 170 valence electrons. The highest BCUT2D eigenvalue weighted by Gasteiger charge is 2.28. The molecule has 0 saturated heterocycles. The zero-order valence-electron chi connectivity index (χ0n) is 18.4. The Morgan fingerprint density at radius 3 is 2.44 bits per heavy atom. The van der Waals surface area contributed by atoms with Crippen LogP contribution in [0.3, 0.4) is 0 Å². The lowest BCUT2D eigenvalue weighted by Crippen LogP contribution is -2.34. The summed E-state index contributed by atoms with van der Waals surface area (Å²) in [5.74, 6) is 0.293. The molecule has 1 heterocycles. The van der Waals surface area contributed by atoms with Crippen LogP contribution in [-0.4, -0.2) is 34.0 Å². The lowest BCUT2D eigenvalue weighted by molar-refractivity contribution is 0.0939. The van der Waals surface area contributed by atoms with Crippen molar-refractivity contribution in [2.75, 3.05) is 18.0 Å². The number of ether oxygens (including phenoxy) is 1. The molecule has 2 aromatic carbocycles. The number of aryl methyl sites for hydroxylation is 1. The average molecular weight is 473 g/mol. The standard InChI is InChI=1S/C24H28N2O4S2/c1-4-30-21-14-12-20(13-15-21)26(3)32(28,29)22-16-17-31-23(22)24(27)25-18(2)10-11-19-8-6-5-7-9-19/h5-9,12-18H,4,10-11H2,1-3H3,(H,25,27)/t18-/m1/s1. The highest BCUT2D eigenvalue weighted by atomic mass is 32.2. The van der Waals surface area contributed by atoms with Gasteiger partial charge in [0, 0.05) is 13.1 Å². The van der Waals surface area contributed by atoms with Gasteiger partial charge in [0.1, 0.15) is 15.5 Å². The molecule has 0 bridgehead atoms. The molecule has 0 aliphatic heterocycles. The van der Waals surface area contributed by atoms with E-state index >= 15 is 0 Å². The normalized spacial score (nSPS) is 12.2. The van der Waals surface area contributed by atoms with Gasteiger partial charge < -0.3 is 10.1 Å². The van der Waals surface area contributed by atoms with Gasteiger partial charge in [-0.15, -0.1) is 11.3 Å². The second-order valence-electron chi connectivity index (χ2n) is 7.41. The van der Waals surface area contributed by atoms with Gasteiger partial charge in [-0.3, -0.25) is 9.10 Å². The molecule has 6 nitrogen and oxygen atoms in total. The van der Waals surface area contributed by atoms with Crippen molar-refractivity contribution in [2.45, 2.75) is 37.6 Å². The van der Waals surface area contributed by atoms with Crippen molar-refractivity contribution in [3.05, 3.63) is 76.5 Å². The molecule has 0 aliphatic rings. The molecule has 3 rings (SSSR count). The Morgan fingerprint density at radius 2 is 1.78 bits per heavy atom. The number of sulfonamides is 1. The number of hydrogen-bond donors (Lipinski definition) is 1. The Balaban J connectivity index is 1.70. The number of nitrogens with one attached hydrogen (secondary N) is 1. The number of carbonyl (C=O) groups is 1. The maximum absolute atomic E-state index is 13.2. The largest absolute Gasteiger partial charge is 0.494 e. The molecule has 0 unspecified atom stereocenters. The summed E-state index contributed by atoms with van der Waals surface area (Å²) in [6.07, 6.45) is 1.59. The van der Waals surface area contributed by atoms with E-state index in [1.54, 1.807) is 29.6 Å². The van der Waals surface area contributed by atoms with Gasteiger partial charge >= 0.3 is 0 Å². The van der Waals surface area contributed by atoms with Crippen LogP contribution < -0.4 is 14.4 Å². The van der Waals surface area contributed by atoms with Gasteiger partial charge in [0.25, 0.3) is 15.9 Å². The van der Waals surface area contributed by atoms with Crippen LogP contribution in [0.25, 0.3) is 0 Å². The summed E-state index contributed by atoms with van der Waals surface area (Å²) in [5.41, 5.74) is 1.69. The Bertz CT molecular complexity index is 1130. The summed E-state index contributed by atoms with van der Waals surface area (Å²) in [7, 11) is -2.42. The third-order valence-corrected chi connectivity index (χ3v) is 7.94. The van der Waals surface area contributed by atoms with E-state index in [1.807, 2.05) is 32.0 Å². The molecule has 1 atom stereocenters. The van der Waals surface area contributed by atoms with Crippen LogP contribution in [0.4, 0.5) is 5.69 Å². The van der Waals surface area contributed by atoms with E-state index in [2.05, 4.69) is 17.4 Å². The van der Waals surface area contributed by atoms with Crippen LogP contribution >= 0.6 is 11.3 Å². The second kappa shape index (κ2) is 10.7. The van der Waals surface area contributed by atoms with Crippen LogP contribution in [0.1, 0.15) is 35.5 Å². The van der Waals surface area contributed by atoms with Crippen LogP contribution in [0.15, 0.2) is 70.9 Å². The first-order valence-corrected chi connectivity index (χ1v) is 12.8. The maximum Gasteiger partial charge on any atom is 0.265 e. The van der Waals surface area contributed by atoms with Crippen molar-refractivity contribution in [1.82, 2.24) is 5.32 Å². The predicted molar refractivity (Wildman–Crippen MR) is 129 cm³/mol. The number of nitrogens with zero attached hydrogens (tertiary/aromatic N) is 1. The highest BCUT2D eigenvalue weighted by Crippen LogP contribution is 2.29. The SMILES string of the molecule is CCOc1ccc(N(C)S(=O)(=O)c2ccsc2C(=O)N[C@H](C)CCc2ccccc2)cc1. The number of carbonyl (C=O) groups excluding carboxylic acids is 1. The smallest absolute Gasteiger partial charge is 0.265 e. The summed E-state index contributed by atoms with van der Waals surface area (Å²) >= 11 is 1.12. The van der Waals surface area contributed by atoms with E-state index in [0.717, 1.165) is 24.2 Å². The Morgan fingerprint density at radius 1 is 1.09 bits per heavy atom. The quantitative estimate of drug-likeness (QED) is 0.463. The van der Waals surface area contributed by atoms with Gasteiger partial charge in [-0.2, -0.15) is 0 Å². The van der Waals surface area contributed by atoms with Gasteiger partial charge in [-0.05, 0) is 68.0 Å². The molecular weight excluding hydrogens is 444 g/mol. The van der Waals surface area contributed by atoms with Crippen molar-refractivity contribution in [1.29, 1.82) is 0 Å². The third kappa shape index (κ3) is 5.69. The van der Waals surface area contributed by atoms with Crippen molar-refractivity contribution in [2.24, 2.45) is 0 Å². The van der Waals surface area contributed by atoms with Crippen LogP contribution in [0, 0.1) is 0 Å². The van der Waals surface area contributed by atoms with Crippen molar-refractivity contribution in [3.63, 3.8) is 0 Å². The minimum atomic E-state index is -3.90. The topological polar surface area (TPSA) is 75.7 Å². The number of benzene rings is 2. The van der Waals surface area contributed by atoms with E-state index in [1.165, 1.54) is 23.0 Å². The molecule has 0 aliphatic carbocycles. The lowest BCUT2D eigenvalue weighted by Gasteiger charge is -2.20. The molecule has 0 saturated carbocycles. The monoisotopic (exact) mass is 472 g/mol. The highest BCUT2D eigenvalue weighted by molar-refractivity contribution is 7.93. The van der Waals surface area contributed by atoms with Gasteiger partial charge in [0.15, 0.2) is 0 Å². The van der Waals surface area contributed by atoms with Gasteiger partial charge in [-0.1, -0.05) is 30.3 Å². The average Bonchev–Trinajstić information content (AvgIpc) is 3.30. The van der Waals surface area contributed by atoms with E-state index in [9.17, 15) is 13.2 Å². The molecule has 0 fully saturated rings. The van der Waals surface area contributed by atoms with Crippen LogP contribution in [0.5, 0.6) is 5.75 Å².